The molecule has 1 aliphatic carbocycles. The smallest absolute Gasteiger partial charge is 0.349 e. The van der Waals surface area contributed by atoms with Gasteiger partial charge in [0.15, 0.2) is 0 Å². The van der Waals surface area contributed by atoms with Gasteiger partial charge in [0.05, 0.1) is 11.5 Å². The van der Waals surface area contributed by atoms with E-state index in [0.717, 1.165) is 5.56 Å². The molecule has 0 saturated heterocycles. The molecule has 0 radical (unpaired) electrons. The lowest BCUT2D eigenvalue weighted by molar-refractivity contribution is -0.183. The molecule has 116 valence electrons. The number of benzene rings is 1. The average molecular weight is 303 g/mol. The molecule has 0 aromatic heterocycles. The molecule has 1 aromatic carbocycles. The van der Waals surface area contributed by atoms with E-state index in [9.17, 15) is 22.4 Å². The molecule has 2 atom stereocenters. The minimum atomic E-state index is -4.24. The molecule has 1 saturated carbocycles. The topological polar surface area (TPSA) is 29.1 Å². The van der Waals surface area contributed by atoms with Crippen molar-refractivity contribution in [3.05, 3.63) is 35.1 Å². The Balaban J connectivity index is 2.04. The van der Waals surface area contributed by atoms with Crippen molar-refractivity contribution in [3.8, 4) is 0 Å². The summed E-state index contributed by atoms with van der Waals surface area (Å²) in [5, 5.41) is 2.53. The van der Waals surface area contributed by atoms with Gasteiger partial charge in [0.25, 0.3) is 5.91 Å². The first kappa shape index (κ1) is 15.8. The van der Waals surface area contributed by atoms with Gasteiger partial charge in [0.1, 0.15) is 5.82 Å². The van der Waals surface area contributed by atoms with E-state index in [-0.39, 0.29) is 18.4 Å². The van der Waals surface area contributed by atoms with Crippen molar-refractivity contribution in [2.75, 3.05) is 0 Å². The quantitative estimate of drug-likeness (QED) is 0.823. The fourth-order valence-corrected chi connectivity index (χ4v) is 2.69. The first-order valence-electron chi connectivity index (χ1n) is 6.91. The lowest BCUT2D eigenvalue weighted by Gasteiger charge is -2.31. The second-order valence-corrected chi connectivity index (χ2v) is 5.56. The van der Waals surface area contributed by atoms with E-state index >= 15 is 0 Å². The van der Waals surface area contributed by atoms with E-state index in [2.05, 4.69) is 5.32 Å². The summed E-state index contributed by atoms with van der Waals surface area (Å²) in [5.74, 6) is -2.70. The van der Waals surface area contributed by atoms with Crippen LogP contribution in [0.3, 0.4) is 0 Å². The molecule has 2 nitrogen and oxygen atoms in total. The molecule has 21 heavy (non-hydrogen) atoms. The number of hydrogen-bond acceptors (Lipinski definition) is 1. The molecule has 1 N–H and O–H groups in total. The molecule has 1 amide bonds. The van der Waals surface area contributed by atoms with Crippen LogP contribution in [0.5, 0.6) is 0 Å². The van der Waals surface area contributed by atoms with Gasteiger partial charge in [0.2, 0.25) is 0 Å². The molecule has 1 aromatic rings. The molecule has 0 bridgehead atoms. The lowest BCUT2D eigenvalue weighted by atomic mass is 9.85. The molecule has 1 fully saturated rings. The maximum absolute atomic E-state index is 13.6. The predicted molar refractivity (Wildman–Crippen MR) is 70.4 cm³/mol. The largest absolute Gasteiger partial charge is 0.391 e. The molecule has 2 unspecified atom stereocenters. The fraction of sp³-hybridized carbons (Fsp3) is 0.533. The van der Waals surface area contributed by atoms with E-state index < -0.39 is 29.9 Å². The van der Waals surface area contributed by atoms with E-state index in [1.165, 1.54) is 18.2 Å². The Kier molecular flexibility index (Phi) is 4.54. The van der Waals surface area contributed by atoms with Crippen molar-refractivity contribution in [1.29, 1.82) is 0 Å². The number of carbonyl (C=O) groups is 1. The molecule has 0 heterocycles. The third-order valence-electron chi connectivity index (χ3n) is 3.84. The molecule has 0 aliphatic heterocycles. The van der Waals surface area contributed by atoms with Crippen molar-refractivity contribution in [1.82, 2.24) is 5.32 Å². The van der Waals surface area contributed by atoms with Crippen LogP contribution in [0, 0.1) is 18.7 Å². The average Bonchev–Trinajstić information content (AvgIpc) is 2.41. The van der Waals surface area contributed by atoms with Gasteiger partial charge in [-0.3, -0.25) is 4.79 Å². The zero-order chi connectivity index (χ0) is 15.6. The van der Waals surface area contributed by atoms with Crippen LogP contribution in [0.2, 0.25) is 0 Å². The van der Waals surface area contributed by atoms with Crippen LogP contribution in [-0.2, 0) is 0 Å². The van der Waals surface area contributed by atoms with Gasteiger partial charge < -0.3 is 5.32 Å². The van der Waals surface area contributed by atoms with Crippen molar-refractivity contribution >= 4 is 5.91 Å². The molecule has 2 rings (SSSR count). The van der Waals surface area contributed by atoms with Crippen molar-refractivity contribution < 1.29 is 22.4 Å². The van der Waals surface area contributed by atoms with Crippen molar-refractivity contribution in [3.63, 3.8) is 0 Å². The summed E-state index contributed by atoms with van der Waals surface area (Å²) in [4.78, 5) is 12.0. The Morgan fingerprint density at radius 3 is 2.67 bits per heavy atom. The molecular formula is C15H17F4NO. The lowest BCUT2D eigenvalue weighted by Crippen LogP contribution is -2.41. The second-order valence-electron chi connectivity index (χ2n) is 5.56. The van der Waals surface area contributed by atoms with Gasteiger partial charge in [-0.25, -0.2) is 4.39 Å². The van der Waals surface area contributed by atoms with Crippen LogP contribution in [0.4, 0.5) is 17.6 Å². The number of alkyl halides is 3. The highest BCUT2D eigenvalue weighted by Crippen LogP contribution is 2.37. The molecule has 6 heteroatoms. The highest BCUT2D eigenvalue weighted by Gasteiger charge is 2.42. The van der Waals surface area contributed by atoms with Gasteiger partial charge in [-0.1, -0.05) is 18.1 Å². The van der Waals surface area contributed by atoms with Gasteiger partial charge in [-0.2, -0.15) is 13.2 Å². The first-order chi connectivity index (χ1) is 9.77. The number of amides is 1. The molecule has 0 spiro atoms. The SMILES string of the molecule is Cc1ccc(F)c(C(=O)NC2CCCC(C(F)(F)F)C2)c1. The monoisotopic (exact) mass is 303 g/mol. The molecule has 1 aliphatic rings. The van der Waals surface area contributed by atoms with Crippen LogP contribution in [0.25, 0.3) is 0 Å². The van der Waals surface area contributed by atoms with Crippen molar-refractivity contribution in [2.45, 2.75) is 44.8 Å². The van der Waals surface area contributed by atoms with E-state index in [4.69, 9.17) is 0 Å². The van der Waals surface area contributed by atoms with Crippen LogP contribution in [-0.4, -0.2) is 18.1 Å². The van der Waals surface area contributed by atoms with E-state index in [1.54, 1.807) is 6.92 Å². The van der Waals surface area contributed by atoms with Gasteiger partial charge in [-0.15, -0.1) is 0 Å². The minimum Gasteiger partial charge on any atom is -0.349 e. The van der Waals surface area contributed by atoms with Gasteiger partial charge in [-0.05, 0) is 38.3 Å². The maximum atomic E-state index is 13.6. The third kappa shape index (κ3) is 3.95. The third-order valence-corrected chi connectivity index (χ3v) is 3.84. The Hall–Kier alpha value is -1.59. The number of rotatable bonds is 2. The Bertz CT molecular complexity index is 527. The number of hydrogen-bond donors (Lipinski definition) is 1. The van der Waals surface area contributed by atoms with Crippen LogP contribution in [0.15, 0.2) is 18.2 Å². The summed E-state index contributed by atoms with van der Waals surface area (Å²) < 4.78 is 51.8. The zero-order valence-corrected chi connectivity index (χ0v) is 11.6. The standard InChI is InChI=1S/C15H17F4NO/c1-9-5-6-13(16)12(7-9)14(21)20-11-4-2-3-10(8-11)15(17,18)19/h5-7,10-11H,2-4,8H2,1H3,(H,20,21). The zero-order valence-electron chi connectivity index (χ0n) is 11.6. The van der Waals surface area contributed by atoms with Crippen LogP contribution in [0.1, 0.15) is 41.6 Å². The summed E-state index contributed by atoms with van der Waals surface area (Å²) in [6, 6.07) is 3.56. The molecular weight excluding hydrogens is 286 g/mol. The Morgan fingerprint density at radius 1 is 1.29 bits per heavy atom. The number of carbonyl (C=O) groups excluding carboxylic acids is 1. The van der Waals surface area contributed by atoms with Gasteiger partial charge >= 0.3 is 6.18 Å². The van der Waals surface area contributed by atoms with Crippen LogP contribution < -0.4 is 5.32 Å². The number of halogens is 4. The first-order valence-corrected chi connectivity index (χ1v) is 6.91. The van der Waals surface area contributed by atoms with Crippen molar-refractivity contribution in [2.24, 2.45) is 5.92 Å². The van der Waals surface area contributed by atoms with E-state index in [0.29, 0.717) is 12.8 Å². The Labute approximate surface area is 120 Å². The van der Waals surface area contributed by atoms with Gasteiger partial charge in [0, 0.05) is 6.04 Å². The summed E-state index contributed by atoms with van der Waals surface area (Å²) in [5.41, 5.74) is 0.600. The highest BCUT2D eigenvalue weighted by molar-refractivity contribution is 5.94. The van der Waals surface area contributed by atoms with E-state index in [1.807, 2.05) is 0 Å². The maximum Gasteiger partial charge on any atom is 0.391 e. The summed E-state index contributed by atoms with van der Waals surface area (Å²) in [7, 11) is 0. The summed E-state index contributed by atoms with van der Waals surface area (Å²) >= 11 is 0. The fourth-order valence-electron chi connectivity index (χ4n) is 2.69. The van der Waals surface area contributed by atoms with Crippen LogP contribution >= 0.6 is 0 Å². The Morgan fingerprint density at radius 2 is 2.00 bits per heavy atom. The number of nitrogens with one attached hydrogen (secondary N) is 1. The predicted octanol–water partition coefficient (Wildman–Crippen LogP) is 3.99. The summed E-state index contributed by atoms with van der Waals surface area (Å²) in [6.45, 7) is 1.72. The normalized spacial score (nSPS) is 22.9. The number of aryl methyl sites for hydroxylation is 1. The second kappa shape index (κ2) is 6.03. The highest BCUT2D eigenvalue weighted by atomic mass is 19.4. The minimum absolute atomic E-state index is 0.0919. The summed E-state index contributed by atoms with van der Waals surface area (Å²) in [6.07, 6.45) is -3.38.